The largest absolute Gasteiger partial charge is 0.481 e. The quantitative estimate of drug-likeness (QED) is 0.856. The molecule has 0 spiro atoms. The molecule has 0 bridgehead atoms. The van der Waals surface area contributed by atoms with Crippen LogP contribution in [0.3, 0.4) is 0 Å². The Morgan fingerprint density at radius 1 is 1.40 bits per heavy atom. The van der Waals surface area contributed by atoms with E-state index in [0.717, 1.165) is 5.69 Å². The molecule has 1 N–H and O–H groups in total. The summed E-state index contributed by atoms with van der Waals surface area (Å²) in [7, 11) is 0. The minimum atomic E-state index is -0.845. The van der Waals surface area contributed by atoms with Gasteiger partial charge in [0, 0.05) is 11.4 Å². The number of rotatable bonds is 3. The Bertz CT molecular complexity index is 443. The van der Waals surface area contributed by atoms with Crippen molar-refractivity contribution in [1.82, 2.24) is 5.32 Å². The van der Waals surface area contributed by atoms with Gasteiger partial charge in [-0.15, -0.1) is 0 Å². The van der Waals surface area contributed by atoms with Crippen molar-refractivity contribution in [2.75, 3.05) is 0 Å². The summed E-state index contributed by atoms with van der Waals surface area (Å²) in [5, 5.41) is 13.3. The van der Waals surface area contributed by atoms with Crippen molar-refractivity contribution in [3.63, 3.8) is 0 Å². The van der Waals surface area contributed by atoms with E-state index in [2.05, 4.69) is 10.3 Å². The summed E-state index contributed by atoms with van der Waals surface area (Å²) in [4.78, 5) is 14.6. The summed E-state index contributed by atoms with van der Waals surface area (Å²) in [5.41, 5.74) is 1.46. The molecule has 0 amide bonds. The maximum Gasteiger partial charge on any atom is 0.303 e. The molecule has 1 aromatic rings. The average molecular weight is 224 g/mol. The second-order valence-electron chi connectivity index (χ2n) is 3.17. The third-order valence-electron chi connectivity index (χ3n) is 2.00. The maximum atomic E-state index is 10.4. The summed E-state index contributed by atoms with van der Waals surface area (Å²) >= 11 is 5.79. The SMILES string of the molecule is O=C(O)CCC1=Nc2ccc(Cl)cc2[N]1. The second-order valence-corrected chi connectivity index (χ2v) is 3.60. The van der Waals surface area contributed by atoms with E-state index < -0.39 is 5.97 Å². The molecule has 15 heavy (non-hydrogen) atoms. The van der Waals surface area contributed by atoms with Gasteiger partial charge < -0.3 is 5.11 Å². The van der Waals surface area contributed by atoms with Crippen molar-refractivity contribution >= 4 is 34.8 Å². The van der Waals surface area contributed by atoms with Crippen LogP contribution in [0, 0.1) is 0 Å². The topological polar surface area (TPSA) is 63.8 Å². The Labute approximate surface area is 91.6 Å². The molecule has 4 nitrogen and oxygen atoms in total. The number of hydrogen-bond donors (Lipinski definition) is 1. The number of fused-ring (bicyclic) bond motifs is 1. The third kappa shape index (κ3) is 2.27. The van der Waals surface area contributed by atoms with Crippen molar-refractivity contribution in [3.8, 4) is 0 Å². The molecule has 77 valence electrons. The van der Waals surface area contributed by atoms with Crippen molar-refractivity contribution < 1.29 is 9.90 Å². The first-order valence-electron chi connectivity index (χ1n) is 4.46. The van der Waals surface area contributed by atoms with Crippen LogP contribution in [0.4, 0.5) is 11.4 Å². The van der Waals surface area contributed by atoms with Gasteiger partial charge in [-0.3, -0.25) is 4.79 Å². The number of aliphatic carboxylic acids is 1. The van der Waals surface area contributed by atoms with Gasteiger partial charge in [-0.05, 0) is 18.2 Å². The van der Waals surface area contributed by atoms with Crippen molar-refractivity contribution in [2.24, 2.45) is 4.99 Å². The normalized spacial score (nSPS) is 13.0. The van der Waals surface area contributed by atoms with Gasteiger partial charge in [-0.25, -0.2) is 10.3 Å². The molecule has 5 heteroatoms. The highest BCUT2D eigenvalue weighted by Crippen LogP contribution is 2.33. The molecule has 0 saturated heterocycles. The summed E-state index contributed by atoms with van der Waals surface area (Å²) in [5.74, 6) is -0.295. The van der Waals surface area contributed by atoms with Crippen LogP contribution in [0.2, 0.25) is 5.02 Å². The number of halogens is 1. The number of aliphatic imine (C=N–C) groups is 1. The lowest BCUT2D eigenvalue weighted by atomic mass is 10.3. The Hall–Kier alpha value is -1.55. The molecule has 2 rings (SSSR count). The van der Waals surface area contributed by atoms with Gasteiger partial charge in [0.05, 0.1) is 17.8 Å². The lowest BCUT2D eigenvalue weighted by Gasteiger charge is -1.97. The molecule has 0 atom stereocenters. The molecule has 1 aliphatic rings. The van der Waals surface area contributed by atoms with E-state index in [4.69, 9.17) is 16.7 Å². The Morgan fingerprint density at radius 3 is 2.93 bits per heavy atom. The zero-order valence-electron chi connectivity index (χ0n) is 7.77. The maximum absolute atomic E-state index is 10.4. The van der Waals surface area contributed by atoms with E-state index >= 15 is 0 Å². The molecule has 0 aliphatic carbocycles. The molecular weight excluding hydrogens is 216 g/mol. The lowest BCUT2D eigenvalue weighted by Crippen LogP contribution is -2.08. The van der Waals surface area contributed by atoms with Crippen LogP contribution >= 0.6 is 11.6 Å². The van der Waals surface area contributed by atoms with Gasteiger partial charge in [-0.2, -0.15) is 0 Å². The first-order valence-corrected chi connectivity index (χ1v) is 4.83. The van der Waals surface area contributed by atoms with Crippen LogP contribution in [0.5, 0.6) is 0 Å². The predicted octanol–water partition coefficient (Wildman–Crippen LogP) is 2.48. The summed E-state index contributed by atoms with van der Waals surface area (Å²) < 4.78 is 0. The summed E-state index contributed by atoms with van der Waals surface area (Å²) in [6.45, 7) is 0. The van der Waals surface area contributed by atoms with Crippen LogP contribution in [0.1, 0.15) is 12.8 Å². The molecule has 1 heterocycles. The highest BCUT2D eigenvalue weighted by Gasteiger charge is 2.16. The van der Waals surface area contributed by atoms with E-state index in [1.165, 1.54) is 0 Å². The van der Waals surface area contributed by atoms with Gasteiger partial charge in [0.25, 0.3) is 0 Å². The molecule has 1 radical (unpaired) electrons. The van der Waals surface area contributed by atoms with Gasteiger partial charge in [0.15, 0.2) is 0 Å². The molecular formula is C10H8ClN2O2. The highest BCUT2D eigenvalue weighted by atomic mass is 35.5. The lowest BCUT2D eigenvalue weighted by molar-refractivity contribution is -0.136. The van der Waals surface area contributed by atoms with Crippen LogP contribution in [0.25, 0.3) is 0 Å². The standard InChI is InChI=1S/C10H8ClN2O2/c11-6-1-2-7-8(5-6)13-9(12-7)3-4-10(14)15/h1-2,5H,3-4H2,(H,14,15). The van der Waals surface area contributed by atoms with Crippen molar-refractivity contribution in [2.45, 2.75) is 12.8 Å². The minimum absolute atomic E-state index is 0.0457. The van der Waals surface area contributed by atoms with E-state index in [0.29, 0.717) is 23.0 Å². The van der Waals surface area contributed by atoms with Gasteiger partial charge in [-0.1, -0.05) is 11.6 Å². The van der Waals surface area contributed by atoms with Gasteiger partial charge >= 0.3 is 5.97 Å². The minimum Gasteiger partial charge on any atom is -0.481 e. The monoisotopic (exact) mass is 223 g/mol. The van der Waals surface area contributed by atoms with E-state index in [1.807, 2.05) is 0 Å². The Morgan fingerprint density at radius 2 is 2.20 bits per heavy atom. The number of carboxylic acid groups (broad SMARTS) is 1. The fourth-order valence-corrected chi connectivity index (χ4v) is 1.48. The number of nitrogens with zero attached hydrogens (tertiary/aromatic N) is 2. The fourth-order valence-electron chi connectivity index (χ4n) is 1.31. The zero-order valence-corrected chi connectivity index (χ0v) is 8.53. The highest BCUT2D eigenvalue weighted by molar-refractivity contribution is 6.31. The van der Waals surface area contributed by atoms with E-state index in [1.54, 1.807) is 18.2 Å². The molecule has 0 unspecified atom stereocenters. The van der Waals surface area contributed by atoms with Crippen LogP contribution in [-0.2, 0) is 4.79 Å². The molecule has 1 aliphatic heterocycles. The Kier molecular flexibility index (Phi) is 2.60. The number of carboxylic acids is 1. The number of hydrogen-bond acceptors (Lipinski definition) is 2. The molecule has 0 aromatic heterocycles. The molecule has 0 saturated carbocycles. The molecule has 0 fully saturated rings. The van der Waals surface area contributed by atoms with Gasteiger partial charge in [0.1, 0.15) is 5.84 Å². The average Bonchev–Trinajstić information content (AvgIpc) is 2.56. The zero-order chi connectivity index (χ0) is 10.8. The van der Waals surface area contributed by atoms with Crippen LogP contribution in [0.15, 0.2) is 23.2 Å². The fraction of sp³-hybridized carbons (Fsp3) is 0.200. The first kappa shape index (κ1) is 9.98. The molecule has 1 aromatic carbocycles. The smallest absolute Gasteiger partial charge is 0.303 e. The third-order valence-corrected chi connectivity index (χ3v) is 2.23. The second kappa shape index (κ2) is 3.90. The van der Waals surface area contributed by atoms with Gasteiger partial charge in [0.2, 0.25) is 0 Å². The number of carbonyl (C=O) groups is 1. The van der Waals surface area contributed by atoms with Crippen molar-refractivity contribution in [1.29, 1.82) is 0 Å². The van der Waals surface area contributed by atoms with E-state index in [-0.39, 0.29) is 6.42 Å². The van der Waals surface area contributed by atoms with Crippen LogP contribution in [-0.4, -0.2) is 16.9 Å². The Balaban J connectivity index is 2.08. The summed E-state index contributed by atoms with van der Waals surface area (Å²) in [6.07, 6.45) is 0.395. The predicted molar refractivity (Wildman–Crippen MR) is 57.2 cm³/mol. The summed E-state index contributed by atoms with van der Waals surface area (Å²) in [6, 6.07) is 5.22. The van der Waals surface area contributed by atoms with Crippen LogP contribution < -0.4 is 5.32 Å². The van der Waals surface area contributed by atoms with Crippen molar-refractivity contribution in [3.05, 3.63) is 23.2 Å². The van der Waals surface area contributed by atoms with E-state index in [9.17, 15) is 4.79 Å². The number of amidine groups is 1. The first-order chi connectivity index (χ1) is 7.15. The number of benzene rings is 1.